The Bertz CT molecular complexity index is 340. The van der Waals surface area contributed by atoms with E-state index in [0.29, 0.717) is 26.1 Å². The summed E-state index contributed by atoms with van der Waals surface area (Å²) in [7, 11) is 0. The smallest absolute Gasteiger partial charge is 0.251 e. The third-order valence-electron chi connectivity index (χ3n) is 2.94. The molecule has 2 N–H and O–H groups in total. The molecule has 1 aliphatic rings. The molecule has 0 aromatic rings. The van der Waals surface area contributed by atoms with Crippen LogP contribution in [0.25, 0.3) is 0 Å². The fourth-order valence-electron chi connectivity index (χ4n) is 1.97. The highest BCUT2D eigenvalue weighted by molar-refractivity contribution is 5.81. The van der Waals surface area contributed by atoms with Gasteiger partial charge in [-0.2, -0.15) is 10.5 Å². The van der Waals surface area contributed by atoms with Crippen LogP contribution in [0, 0.1) is 22.7 Å². The van der Waals surface area contributed by atoms with Crippen LogP contribution in [0.4, 0.5) is 0 Å². The molecule has 6 heteroatoms. The van der Waals surface area contributed by atoms with Gasteiger partial charge >= 0.3 is 0 Å². The molecule has 1 rings (SSSR count). The summed E-state index contributed by atoms with van der Waals surface area (Å²) >= 11 is 0. The maximum absolute atomic E-state index is 12.2. The maximum atomic E-state index is 12.2. The SMILES string of the molecule is N#CCCN(CCC#N)C(=O)C1CCC(CN)O1. The quantitative estimate of drug-likeness (QED) is 0.722. The minimum Gasteiger partial charge on any atom is -0.364 e. The number of nitriles is 2. The van der Waals surface area contributed by atoms with Crippen LogP contribution in [-0.4, -0.2) is 42.6 Å². The number of ether oxygens (including phenoxy) is 1. The molecule has 1 aliphatic heterocycles. The van der Waals surface area contributed by atoms with E-state index in [4.69, 9.17) is 21.0 Å². The molecule has 0 spiro atoms. The van der Waals surface area contributed by atoms with Crippen LogP contribution in [0.5, 0.6) is 0 Å². The lowest BCUT2D eigenvalue weighted by Crippen LogP contribution is -2.40. The molecule has 1 fully saturated rings. The molecule has 2 atom stereocenters. The van der Waals surface area contributed by atoms with Gasteiger partial charge in [-0.05, 0) is 12.8 Å². The van der Waals surface area contributed by atoms with E-state index in [1.165, 1.54) is 4.90 Å². The third kappa shape index (κ3) is 3.99. The summed E-state index contributed by atoms with van der Waals surface area (Å²) in [4.78, 5) is 13.7. The lowest BCUT2D eigenvalue weighted by molar-refractivity contribution is -0.142. The number of carbonyl (C=O) groups is 1. The molecule has 2 unspecified atom stereocenters. The summed E-state index contributed by atoms with van der Waals surface area (Å²) in [5.41, 5.74) is 5.50. The van der Waals surface area contributed by atoms with Gasteiger partial charge in [0.25, 0.3) is 5.91 Å². The summed E-state index contributed by atoms with van der Waals surface area (Å²) in [6, 6.07) is 4.00. The highest BCUT2D eigenvalue weighted by Gasteiger charge is 2.32. The van der Waals surface area contributed by atoms with E-state index in [2.05, 4.69) is 0 Å². The van der Waals surface area contributed by atoms with Gasteiger partial charge in [-0.15, -0.1) is 0 Å². The highest BCUT2D eigenvalue weighted by Crippen LogP contribution is 2.20. The first-order valence-corrected chi connectivity index (χ1v) is 6.11. The molecule has 18 heavy (non-hydrogen) atoms. The standard InChI is InChI=1S/C12H18N4O2/c13-5-1-7-16(8-2-6-14)12(17)11-4-3-10(9-15)18-11/h10-11H,1-4,7-9,15H2. The van der Waals surface area contributed by atoms with Crippen LogP contribution in [0.1, 0.15) is 25.7 Å². The number of amides is 1. The van der Waals surface area contributed by atoms with Crippen molar-refractivity contribution in [3.63, 3.8) is 0 Å². The molecule has 0 aliphatic carbocycles. The van der Waals surface area contributed by atoms with Crippen LogP contribution in [-0.2, 0) is 9.53 Å². The molecular formula is C12H18N4O2. The van der Waals surface area contributed by atoms with Crippen molar-refractivity contribution in [2.24, 2.45) is 5.73 Å². The number of hydrogen-bond acceptors (Lipinski definition) is 5. The molecule has 6 nitrogen and oxygen atoms in total. The van der Waals surface area contributed by atoms with E-state index in [9.17, 15) is 4.79 Å². The summed E-state index contributed by atoms with van der Waals surface area (Å²) in [5, 5.41) is 17.1. The Labute approximate surface area is 107 Å². The Morgan fingerprint density at radius 1 is 1.28 bits per heavy atom. The van der Waals surface area contributed by atoms with Crippen molar-refractivity contribution in [3.8, 4) is 12.1 Å². The number of nitrogens with zero attached hydrogens (tertiary/aromatic N) is 3. The average molecular weight is 250 g/mol. The summed E-state index contributed by atoms with van der Waals surface area (Å²) in [6.07, 6.45) is 1.48. The topological polar surface area (TPSA) is 103 Å². The second-order valence-electron chi connectivity index (χ2n) is 4.20. The Kier molecular flexibility index (Phi) is 6.13. The van der Waals surface area contributed by atoms with Gasteiger partial charge in [0.2, 0.25) is 0 Å². The van der Waals surface area contributed by atoms with Crippen LogP contribution >= 0.6 is 0 Å². The summed E-state index contributed by atoms with van der Waals surface area (Å²) in [6.45, 7) is 1.12. The summed E-state index contributed by atoms with van der Waals surface area (Å²) < 4.78 is 5.53. The Morgan fingerprint density at radius 2 is 1.89 bits per heavy atom. The number of carbonyl (C=O) groups excluding carboxylic acids is 1. The van der Waals surface area contributed by atoms with Crippen molar-refractivity contribution >= 4 is 5.91 Å². The monoisotopic (exact) mass is 250 g/mol. The Hall–Kier alpha value is -1.63. The molecule has 0 saturated carbocycles. The minimum absolute atomic E-state index is 0.0484. The van der Waals surface area contributed by atoms with E-state index in [-0.39, 0.29) is 24.9 Å². The van der Waals surface area contributed by atoms with Crippen LogP contribution in [0.15, 0.2) is 0 Å². The molecular weight excluding hydrogens is 232 g/mol. The van der Waals surface area contributed by atoms with Crippen molar-refractivity contribution in [1.29, 1.82) is 10.5 Å². The van der Waals surface area contributed by atoms with E-state index in [1.54, 1.807) is 0 Å². The fourth-order valence-corrected chi connectivity index (χ4v) is 1.97. The number of rotatable bonds is 6. The Morgan fingerprint density at radius 3 is 2.33 bits per heavy atom. The molecule has 1 amide bonds. The second kappa shape index (κ2) is 7.65. The number of nitrogens with two attached hydrogens (primary N) is 1. The average Bonchev–Trinajstić information content (AvgIpc) is 2.87. The fraction of sp³-hybridized carbons (Fsp3) is 0.750. The van der Waals surface area contributed by atoms with E-state index in [0.717, 1.165) is 6.42 Å². The van der Waals surface area contributed by atoms with Crippen molar-refractivity contribution < 1.29 is 9.53 Å². The molecule has 1 heterocycles. The molecule has 1 saturated heterocycles. The van der Waals surface area contributed by atoms with Crippen molar-refractivity contribution in [2.45, 2.75) is 37.9 Å². The van der Waals surface area contributed by atoms with Crippen LogP contribution in [0.3, 0.4) is 0 Å². The van der Waals surface area contributed by atoms with Gasteiger partial charge in [0.15, 0.2) is 0 Å². The first-order chi connectivity index (χ1) is 8.72. The van der Waals surface area contributed by atoms with Gasteiger partial charge in [-0.25, -0.2) is 0 Å². The van der Waals surface area contributed by atoms with Crippen molar-refractivity contribution in [2.75, 3.05) is 19.6 Å². The van der Waals surface area contributed by atoms with Crippen LogP contribution in [0.2, 0.25) is 0 Å². The largest absolute Gasteiger partial charge is 0.364 e. The van der Waals surface area contributed by atoms with Gasteiger partial charge in [0, 0.05) is 19.6 Å². The van der Waals surface area contributed by atoms with E-state index < -0.39 is 6.10 Å². The zero-order chi connectivity index (χ0) is 13.4. The van der Waals surface area contributed by atoms with Gasteiger partial charge in [0.1, 0.15) is 6.10 Å². The van der Waals surface area contributed by atoms with E-state index >= 15 is 0 Å². The zero-order valence-electron chi connectivity index (χ0n) is 10.3. The predicted molar refractivity (Wildman–Crippen MR) is 64.0 cm³/mol. The summed E-state index contributed by atoms with van der Waals surface area (Å²) in [5.74, 6) is -0.128. The molecule has 0 radical (unpaired) electrons. The van der Waals surface area contributed by atoms with Gasteiger partial charge in [-0.3, -0.25) is 4.79 Å². The predicted octanol–water partition coefficient (Wildman–Crippen LogP) is 0.149. The highest BCUT2D eigenvalue weighted by atomic mass is 16.5. The van der Waals surface area contributed by atoms with Gasteiger partial charge < -0.3 is 15.4 Å². The third-order valence-corrected chi connectivity index (χ3v) is 2.94. The molecule has 0 aromatic heterocycles. The molecule has 0 aromatic carbocycles. The lowest BCUT2D eigenvalue weighted by Gasteiger charge is -2.23. The Balaban J connectivity index is 2.53. The molecule has 0 bridgehead atoms. The zero-order valence-corrected chi connectivity index (χ0v) is 10.3. The van der Waals surface area contributed by atoms with Crippen LogP contribution < -0.4 is 5.73 Å². The van der Waals surface area contributed by atoms with Crippen molar-refractivity contribution in [3.05, 3.63) is 0 Å². The van der Waals surface area contributed by atoms with Gasteiger partial charge in [0.05, 0.1) is 31.1 Å². The second-order valence-corrected chi connectivity index (χ2v) is 4.20. The van der Waals surface area contributed by atoms with E-state index in [1.807, 2.05) is 12.1 Å². The lowest BCUT2D eigenvalue weighted by atomic mass is 10.1. The van der Waals surface area contributed by atoms with Crippen molar-refractivity contribution in [1.82, 2.24) is 4.90 Å². The maximum Gasteiger partial charge on any atom is 0.251 e. The van der Waals surface area contributed by atoms with Gasteiger partial charge in [-0.1, -0.05) is 0 Å². The first kappa shape index (κ1) is 14.4. The minimum atomic E-state index is -0.462. The first-order valence-electron chi connectivity index (χ1n) is 6.11. The number of hydrogen-bond donors (Lipinski definition) is 1. The molecule has 98 valence electrons. The normalized spacial score (nSPS) is 22.2.